The highest BCUT2D eigenvalue weighted by atomic mass is 15.1. The van der Waals surface area contributed by atoms with Crippen molar-refractivity contribution in [2.45, 2.75) is 41.5 Å². The van der Waals surface area contributed by atoms with Crippen molar-refractivity contribution < 1.29 is 0 Å². The van der Waals surface area contributed by atoms with Crippen LogP contribution in [0.3, 0.4) is 0 Å². The Morgan fingerprint density at radius 2 is 1.41 bits per heavy atom. The largest absolute Gasteiger partial charge is 0.323 e. The Morgan fingerprint density at radius 3 is 2.09 bits per heavy atom. The summed E-state index contributed by atoms with van der Waals surface area (Å²) in [4.78, 5) is 8.00. The first-order chi connectivity index (χ1) is 10.7. The molecular formula is C19H25N3. The molecule has 116 valence electrons. The molecule has 0 aliphatic rings. The average Bonchev–Trinajstić information content (AvgIpc) is 3.07. The standard InChI is InChI=1S/C15H13N3.2C2H6/c1-9-3-5-11-13(7-9)18-14-8-10(2)4-6-12(14)17-15(18)16-11;2*1-2/h3-8H,1-2H3,(H,16,17);2*1-2H3. The highest BCUT2D eigenvalue weighted by molar-refractivity contribution is 5.90. The van der Waals surface area contributed by atoms with E-state index in [2.05, 4.69) is 64.6 Å². The van der Waals surface area contributed by atoms with E-state index < -0.39 is 0 Å². The summed E-state index contributed by atoms with van der Waals surface area (Å²) in [6, 6.07) is 12.8. The summed E-state index contributed by atoms with van der Waals surface area (Å²) in [5.74, 6) is 0.913. The number of nitrogens with one attached hydrogen (secondary N) is 1. The van der Waals surface area contributed by atoms with E-state index >= 15 is 0 Å². The van der Waals surface area contributed by atoms with Crippen molar-refractivity contribution in [3.05, 3.63) is 47.5 Å². The van der Waals surface area contributed by atoms with Crippen LogP contribution in [0.4, 0.5) is 0 Å². The normalized spacial score (nSPS) is 10.3. The van der Waals surface area contributed by atoms with E-state index in [-0.39, 0.29) is 0 Å². The van der Waals surface area contributed by atoms with Gasteiger partial charge in [0.1, 0.15) is 0 Å². The SMILES string of the molecule is CC.CC.Cc1ccc2nc3[nH]c4ccc(C)cc4n3c2c1. The zero-order valence-electron chi connectivity index (χ0n) is 14.4. The van der Waals surface area contributed by atoms with E-state index in [1.54, 1.807) is 0 Å². The highest BCUT2D eigenvalue weighted by Crippen LogP contribution is 2.24. The maximum absolute atomic E-state index is 4.63. The maximum Gasteiger partial charge on any atom is 0.213 e. The Labute approximate surface area is 132 Å². The second kappa shape index (κ2) is 6.65. The number of benzene rings is 2. The molecule has 4 aromatic rings. The van der Waals surface area contributed by atoms with Gasteiger partial charge in [0.2, 0.25) is 5.78 Å². The predicted octanol–water partition coefficient (Wildman–Crippen LogP) is 5.64. The number of rotatable bonds is 0. The van der Waals surface area contributed by atoms with Gasteiger partial charge in [0.25, 0.3) is 0 Å². The monoisotopic (exact) mass is 295 g/mol. The minimum Gasteiger partial charge on any atom is -0.323 e. The summed E-state index contributed by atoms with van der Waals surface area (Å²) in [5, 5.41) is 0. The van der Waals surface area contributed by atoms with E-state index in [0.29, 0.717) is 0 Å². The summed E-state index contributed by atoms with van der Waals surface area (Å²) >= 11 is 0. The van der Waals surface area contributed by atoms with E-state index in [4.69, 9.17) is 0 Å². The summed E-state index contributed by atoms with van der Waals surface area (Å²) in [6.45, 7) is 12.2. The van der Waals surface area contributed by atoms with Gasteiger partial charge in [0.05, 0.1) is 22.1 Å². The number of H-pyrrole nitrogens is 1. The van der Waals surface area contributed by atoms with Crippen molar-refractivity contribution >= 4 is 27.8 Å². The van der Waals surface area contributed by atoms with Gasteiger partial charge in [-0.1, -0.05) is 39.8 Å². The molecule has 4 rings (SSSR count). The molecule has 22 heavy (non-hydrogen) atoms. The van der Waals surface area contributed by atoms with Crippen LogP contribution in [0.1, 0.15) is 38.8 Å². The van der Waals surface area contributed by atoms with Gasteiger partial charge in [-0.05, 0) is 49.2 Å². The quantitative estimate of drug-likeness (QED) is 0.447. The van der Waals surface area contributed by atoms with Crippen LogP contribution in [0.15, 0.2) is 36.4 Å². The molecule has 1 N–H and O–H groups in total. The lowest BCUT2D eigenvalue weighted by atomic mass is 10.2. The van der Waals surface area contributed by atoms with E-state index in [9.17, 15) is 0 Å². The molecule has 3 heteroatoms. The molecule has 0 aliphatic heterocycles. The number of nitrogens with zero attached hydrogens (tertiary/aromatic N) is 2. The Balaban J connectivity index is 0.000000410. The molecule has 0 atom stereocenters. The molecule has 0 saturated heterocycles. The smallest absolute Gasteiger partial charge is 0.213 e. The molecule has 0 amide bonds. The van der Waals surface area contributed by atoms with Crippen molar-refractivity contribution in [2.24, 2.45) is 0 Å². The van der Waals surface area contributed by atoms with Crippen LogP contribution in [0, 0.1) is 13.8 Å². The van der Waals surface area contributed by atoms with Crippen LogP contribution in [0.25, 0.3) is 27.8 Å². The zero-order chi connectivity index (χ0) is 16.3. The third-order valence-electron chi connectivity index (χ3n) is 3.45. The van der Waals surface area contributed by atoms with Gasteiger partial charge >= 0.3 is 0 Å². The van der Waals surface area contributed by atoms with E-state index in [1.165, 1.54) is 22.2 Å². The van der Waals surface area contributed by atoms with Gasteiger partial charge in [0.15, 0.2) is 0 Å². The summed E-state index contributed by atoms with van der Waals surface area (Å²) in [7, 11) is 0. The van der Waals surface area contributed by atoms with Crippen LogP contribution in [-0.4, -0.2) is 14.4 Å². The molecule has 0 fully saturated rings. The zero-order valence-corrected chi connectivity index (χ0v) is 14.4. The van der Waals surface area contributed by atoms with Crippen molar-refractivity contribution in [1.29, 1.82) is 0 Å². The fraction of sp³-hybridized carbons (Fsp3) is 0.316. The molecule has 2 heterocycles. The minimum absolute atomic E-state index is 0.913. The van der Waals surface area contributed by atoms with Crippen molar-refractivity contribution in [3.63, 3.8) is 0 Å². The molecule has 0 aliphatic carbocycles. The van der Waals surface area contributed by atoms with E-state index in [0.717, 1.165) is 16.8 Å². The van der Waals surface area contributed by atoms with Crippen LogP contribution < -0.4 is 0 Å². The number of imidazole rings is 2. The lowest BCUT2D eigenvalue weighted by Gasteiger charge is -1.97. The fourth-order valence-corrected chi connectivity index (χ4v) is 2.57. The number of hydrogen-bond acceptors (Lipinski definition) is 1. The molecule has 2 aromatic carbocycles. The minimum atomic E-state index is 0.913. The summed E-state index contributed by atoms with van der Waals surface area (Å²) in [6.07, 6.45) is 0. The van der Waals surface area contributed by atoms with Crippen molar-refractivity contribution in [2.75, 3.05) is 0 Å². The predicted molar refractivity (Wildman–Crippen MR) is 96.7 cm³/mol. The number of aryl methyl sites for hydroxylation is 2. The average molecular weight is 295 g/mol. The second-order valence-electron chi connectivity index (χ2n) is 4.91. The van der Waals surface area contributed by atoms with Gasteiger partial charge in [-0.3, -0.25) is 4.40 Å². The lowest BCUT2D eigenvalue weighted by Crippen LogP contribution is -1.82. The number of fused-ring (bicyclic) bond motifs is 5. The summed E-state index contributed by atoms with van der Waals surface area (Å²) in [5.41, 5.74) is 7.05. The van der Waals surface area contributed by atoms with Crippen molar-refractivity contribution in [1.82, 2.24) is 14.4 Å². The first-order valence-corrected chi connectivity index (χ1v) is 8.09. The topological polar surface area (TPSA) is 33.1 Å². The molecule has 0 spiro atoms. The number of hydrogen-bond donors (Lipinski definition) is 1. The number of aromatic nitrogens is 3. The second-order valence-corrected chi connectivity index (χ2v) is 4.91. The molecule has 2 aromatic heterocycles. The molecule has 0 radical (unpaired) electrons. The Morgan fingerprint density at radius 1 is 0.818 bits per heavy atom. The first-order valence-electron chi connectivity index (χ1n) is 8.09. The molecule has 0 unspecified atom stereocenters. The summed E-state index contributed by atoms with van der Waals surface area (Å²) < 4.78 is 2.20. The number of aromatic amines is 1. The van der Waals surface area contributed by atoms with Crippen LogP contribution in [-0.2, 0) is 0 Å². The molecule has 3 nitrogen and oxygen atoms in total. The molecular weight excluding hydrogens is 270 g/mol. The highest BCUT2D eigenvalue weighted by Gasteiger charge is 2.10. The lowest BCUT2D eigenvalue weighted by molar-refractivity contribution is 1.27. The van der Waals surface area contributed by atoms with Crippen molar-refractivity contribution in [3.8, 4) is 0 Å². The Bertz CT molecular complexity index is 826. The molecule has 0 saturated carbocycles. The van der Waals surface area contributed by atoms with E-state index in [1.807, 2.05) is 27.7 Å². The third-order valence-corrected chi connectivity index (χ3v) is 3.45. The van der Waals surface area contributed by atoms with Gasteiger partial charge in [-0.15, -0.1) is 0 Å². The van der Waals surface area contributed by atoms with Crippen LogP contribution in [0.5, 0.6) is 0 Å². The van der Waals surface area contributed by atoms with Gasteiger partial charge < -0.3 is 4.98 Å². The van der Waals surface area contributed by atoms with Gasteiger partial charge in [-0.2, -0.15) is 0 Å². The maximum atomic E-state index is 4.63. The Hall–Kier alpha value is -2.29. The Kier molecular flexibility index (Phi) is 4.86. The van der Waals surface area contributed by atoms with Gasteiger partial charge in [0, 0.05) is 0 Å². The third kappa shape index (κ3) is 2.59. The molecule has 0 bridgehead atoms. The fourth-order valence-electron chi connectivity index (χ4n) is 2.57. The van der Waals surface area contributed by atoms with Crippen LogP contribution in [0.2, 0.25) is 0 Å². The first kappa shape index (κ1) is 16.1. The van der Waals surface area contributed by atoms with Gasteiger partial charge in [-0.25, -0.2) is 4.98 Å². The van der Waals surface area contributed by atoms with Crippen LogP contribution >= 0.6 is 0 Å².